The third kappa shape index (κ3) is 3.85. The Kier molecular flexibility index (Phi) is 6.08. The van der Waals surface area contributed by atoms with Crippen LogP contribution in [-0.4, -0.2) is 13.7 Å². The Morgan fingerprint density at radius 3 is 2.65 bits per heavy atom. The van der Waals surface area contributed by atoms with E-state index < -0.39 is 0 Å². The number of nitrogens with one attached hydrogen (secondary N) is 1. The third-order valence-electron chi connectivity index (χ3n) is 2.98. The van der Waals surface area contributed by atoms with Gasteiger partial charge in [-0.1, -0.05) is 28.9 Å². The lowest BCUT2D eigenvalue weighted by Gasteiger charge is -2.20. The molecule has 0 aliphatic heterocycles. The summed E-state index contributed by atoms with van der Waals surface area (Å²) in [5.74, 6) is 0.900. The molecule has 0 aliphatic rings. The van der Waals surface area contributed by atoms with Gasteiger partial charge in [-0.05, 0) is 53.2 Å². The Hall–Kier alpha value is -0.360. The van der Waals surface area contributed by atoms with Gasteiger partial charge < -0.3 is 10.1 Å². The molecule has 1 N–H and O–H groups in total. The first-order valence-electron chi connectivity index (χ1n) is 6.47. The van der Waals surface area contributed by atoms with Crippen LogP contribution in [0.1, 0.15) is 29.8 Å². The van der Waals surface area contributed by atoms with Gasteiger partial charge in [-0.2, -0.15) is 0 Å². The highest BCUT2D eigenvalue weighted by atomic mass is 79.9. The minimum absolute atomic E-state index is 0.161. The molecule has 2 rings (SSSR count). The summed E-state index contributed by atoms with van der Waals surface area (Å²) in [5, 5.41) is 3.60. The van der Waals surface area contributed by atoms with Crippen molar-refractivity contribution in [2.75, 3.05) is 13.7 Å². The molecule has 0 bridgehead atoms. The Bertz CT molecular complexity index is 571. The Morgan fingerprint density at radius 1 is 1.25 bits per heavy atom. The number of thiophene rings is 1. The van der Waals surface area contributed by atoms with Crippen LogP contribution in [0.3, 0.4) is 0 Å². The van der Waals surface area contributed by atoms with Crippen LogP contribution in [0.15, 0.2) is 38.6 Å². The van der Waals surface area contributed by atoms with Crippen molar-refractivity contribution in [1.29, 1.82) is 0 Å². The molecule has 5 heteroatoms. The second-order valence-electron chi connectivity index (χ2n) is 4.42. The van der Waals surface area contributed by atoms with E-state index in [-0.39, 0.29) is 6.04 Å². The summed E-state index contributed by atoms with van der Waals surface area (Å²) >= 11 is 8.79. The summed E-state index contributed by atoms with van der Waals surface area (Å²) in [6.07, 6.45) is 1.10. The predicted molar refractivity (Wildman–Crippen MR) is 92.8 cm³/mol. The van der Waals surface area contributed by atoms with Crippen LogP contribution in [0.4, 0.5) is 0 Å². The minimum atomic E-state index is 0.161. The fourth-order valence-corrected chi connectivity index (χ4v) is 3.92. The maximum atomic E-state index is 5.54. The normalized spacial score (nSPS) is 12.4. The van der Waals surface area contributed by atoms with Crippen molar-refractivity contribution < 1.29 is 4.74 Å². The first-order chi connectivity index (χ1) is 9.65. The van der Waals surface area contributed by atoms with Crippen molar-refractivity contribution in [3.63, 3.8) is 0 Å². The fraction of sp³-hybridized carbons (Fsp3) is 0.333. The summed E-state index contributed by atoms with van der Waals surface area (Å²) in [6.45, 7) is 3.15. The van der Waals surface area contributed by atoms with Gasteiger partial charge in [0.1, 0.15) is 5.75 Å². The number of ether oxygens (including phenoxy) is 1. The van der Waals surface area contributed by atoms with E-state index >= 15 is 0 Å². The molecule has 1 unspecified atom stereocenters. The molecule has 0 saturated heterocycles. The summed E-state index contributed by atoms with van der Waals surface area (Å²) in [7, 11) is 1.71. The highest BCUT2D eigenvalue weighted by Crippen LogP contribution is 2.36. The molecular formula is C15H17Br2NOS. The van der Waals surface area contributed by atoms with E-state index in [9.17, 15) is 0 Å². The number of rotatable bonds is 6. The van der Waals surface area contributed by atoms with Gasteiger partial charge in [0.05, 0.1) is 16.9 Å². The summed E-state index contributed by atoms with van der Waals surface area (Å²) in [5.41, 5.74) is 1.17. The predicted octanol–water partition coefficient (Wildman–Crippen LogP) is 5.37. The molecule has 2 nitrogen and oxygen atoms in total. The Labute approximate surface area is 140 Å². The molecule has 0 amide bonds. The topological polar surface area (TPSA) is 21.3 Å². The molecule has 1 atom stereocenters. The molecule has 20 heavy (non-hydrogen) atoms. The fourth-order valence-electron chi connectivity index (χ4n) is 2.06. The molecule has 1 heterocycles. The summed E-state index contributed by atoms with van der Waals surface area (Å²) < 4.78 is 7.71. The van der Waals surface area contributed by atoms with Gasteiger partial charge in [-0.15, -0.1) is 11.3 Å². The first-order valence-corrected chi connectivity index (χ1v) is 8.88. The summed E-state index contributed by atoms with van der Waals surface area (Å²) in [4.78, 5) is 1.28. The highest BCUT2D eigenvalue weighted by molar-refractivity contribution is 9.11. The lowest BCUT2D eigenvalue weighted by molar-refractivity contribution is 0.404. The van der Waals surface area contributed by atoms with Gasteiger partial charge in [0.2, 0.25) is 0 Å². The number of halogens is 2. The van der Waals surface area contributed by atoms with Crippen molar-refractivity contribution in [2.24, 2.45) is 0 Å². The van der Waals surface area contributed by atoms with Crippen LogP contribution in [0.5, 0.6) is 5.75 Å². The zero-order valence-corrected chi connectivity index (χ0v) is 15.4. The van der Waals surface area contributed by atoms with Crippen molar-refractivity contribution in [3.8, 4) is 5.75 Å². The summed E-state index contributed by atoms with van der Waals surface area (Å²) in [6, 6.07) is 10.6. The Balaban J connectivity index is 2.40. The molecule has 0 fully saturated rings. The Morgan fingerprint density at radius 2 is 2.05 bits per heavy atom. The van der Waals surface area contributed by atoms with Crippen molar-refractivity contribution in [2.45, 2.75) is 19.4 Å². The molecule has 0 saturated carbocycles. The van der Waals surface area contributed by atoms with Crippen molar-refractivity contribution in [3.05, 3.63) is 49.0 Å². The van der Waals surface area contributed by atoms with Crippen LogP contribution in [-0.2, 0) is 0 Å². The van der Waals surface area contributed by atoms with Gasteiger partial charge in [0, 0.05) is 14.9 Å². The highest BCUT2D eigenvalue weighted by Gasteiger charge is 2.19. The average Bonchev–Trinajstić information content (AvgIpc) is 2.87. The minimum Gasteiger partial charge on any atom is -0.496 e. The van der Waals surface area contributed by atoms with Gasteiger partial charge in [0.25, 0.3) is 0 Å². The van der Waals surface area contributed by atoms with Gasteiger partial charge in [0.15, 0.2) is 0 Å². The lowest BCUT2D eigenvalue weighted by Crippen LogP contribution is -2.22. The lowest BCUT2D eigenvalue weighted by atomic mass is 10.0. The standard InChI is InChI=1S/C15H17Br2NOS/c1-3-8-18-15(13-6-7-14(17)20-13)11-5-4-10(16)9-12(11)19-2/h4-7,9,15,18H,3,8H2,1-2H3. The average molecular weight is 419 g/mol. The van der Waals surface area contributed by atoms with E-state index in [0.717, 1.165) is 27.0 Å². The van der Waals surface area contributed by atoms with Gasteiger partial charge >= 0.3 is 0 Å². The molecule has 1 aromatic carbocycles. The molecule has 1 aromatic heterocycles. The molecular weight excluding hydrogens is 402 g/mol. The number of hydrogen-bond acceptors (Lipinski definition) is 3. The van der Waals surface area contributed by atoms with E-state index in [1.807, 2.05) is 6.07 Å². The third-order valence-corrected chi connectivity index (χ3v) is 5.17. The molecule has 0 spiro atoms. The largest absolute Gasteiger partial charge is 0.496 e. The second-order valence-corrected chi connectivity index (χ2v) is 7.83. The van der Waals surface area contributed by atoms with E-state index in [0.29, 0.717) is 0 Å². The van der Waals surface area contributed by atoms with Crippen LogP contribution >= 0.6 is 43.2 Å². The maximum absolute atomic E-state index is 5.54. The quantitative estimate of drug-likeness (QED) is 0.680. The van der Waals surface area contributed by atoms with E-state index in [1.54, 1.807) is 18.4 Å². The second kappa shape index (κ2) is 7.59. The molecule has 2 aromatic rings. The van der Waals surface area contributed by atoms with Crippen LogP contribution in [0.25, 0.3) is 0 Å². The number of benzene rings is 1. The molecule has 0 aliphatic carbocycles. The van der Waals surface area contributed by atoms with Gasteiger partial charge in [-0.3, -0.25) is 0 Å². The van der Waals surface area contributed by atoms with Crippen LogP contribution in [0, 0.1) is 0 Å². The van der Waals surface area contributed by atoms with E-state index in [1.165, 1.54) is 10.4 Å². The number of methoxy groups -OCH3 is 1. The van der Waals surface area contributed by atoms with Gasteiger partial charge in [-0.25, -0.2) is 0 Å². The number of hydrogen-bond donors (Lipinski definition) is 1. The van der Waals surface area contributed by atoms with E-state index in [2.05, 4.69) is 68.4 Å². The SMILES string of the molecule is CCCNC(c1ccc(Br)s1)c1ccc(Br)cc1OC. The maximum Gasteiger partial charge on any atom is 0.125 e. The van der Waals surface area contributed by atoms with E-state index in [4.69, 9.17) is 4.74 Å². The first kappa shape index (κ1) is 16.0. The van der Waals surface area contributed by atoms with Crippen molar-refractivity contribution >= 4 is 43.2 Å². The smallest absolute Gasteiger partial charge is 0.125 e. The molecule has 108 valence electrons. The van der Waals surface area contributed by atoms with Crippen LogP contribution in [0.2, 0.25) is 0 Å². The monoisotopic (exact) mass is 417 g/mol. The molecule has 0 radical (unpaired) electrons. The van der Waals surface area contributed by atoms with Crippen molar-refractivity contribution in [1.82, 2.24) is 5.32 Å². The van der Waals surface area contributed by atoms with Crippen LogP contribution < -0.4 is 10.1 Å². The zero-order chi connectivity index (χ0) is 14.5. The zero-order valence-electron chi connectivity index (χ0n) is 11.5.